The Bertz CT molecular complexity index is 310. The van der Waals surface area contributed by atoms with Crippen molar-refractivity contribution in [1.29, 1.82) is 0 Å². The molecule has 1 fully saturated rings. The highest BCUT2D eigenvalue weighted by atomic mass is 16.2. The van der Waals surface area contributed by atoms with Crippen molar-refractivity contribution in [2.45, 2.75) is 32.2 Å². The minimum Gasteiger partial charge on any atom is -0.354 e. The maximum absolute atomic E-state index is 12.0. The van der Waals surface area contributed by atoms with Crippen LogP contribution in [0.1, 0.15) is 26.2 Å². The molecule has 0 saturated heterocycles. The average Bonchev–Trinajstić information content (AvgIpc) is 2.32. The van der Waals surface area contributed by atoms with E-state index in [0.29, 0.717) is 19.0 Å². The first kappa shape index (κ1) is 15.8. The van der Waals surface area contributed by atoms with Crippen LogP contribution in [0.5, 0.6) is 0 Å². The third-order valence-corrected chi connectivity index (χ3v) is 3.46. The van der Waals surface area contributed by atoms with Gasteiger partial charge >= 0.3 is 6.03 Å². The van der Waals surface area contributed by atoms with E-state index in [4.69, 9.17) is 5.73 Å². The fourth-order valence-electron chi connectivity index (χ4n) is 2.53. The molecule has 3 amide bonds. The van der Waals surface area contributed by atoms with Crippen molar-refractivity contribution in [3.05, 3.63) is 0 Å². The fourth-order valence-corrected chi connectivity index (χ4v) is 2.53. The molecular formula is C13H26N4O2. The molecule has 0 aromatic rings. The molecular weight excluding hydrogens is 244 g/mol. The number of rotatable bonds is 4. The first-order valence-electron chi connectivity index (χ1n) is 6.88. The molecule has 0 aliphatic heterocycles. The highest BCUT2D eigenvalue weighted by Gasteiger charge is 2.28. The number of amides is 3. The van der Waals surface area contributed by atoms with Crippen molar-refractivity contribution in [2.24, 2.45) is 17.6 Å². The van der Waals surface area contributed by atoms with E-state index in [0.717, 1.165) is 19.3 Å². The van der Waals surface area contributed by atoms with Gasteiger partial charge in [0.05, 0.1) is 0 Å². The van der Waals surface area contributed by atoms with Crippen molar-refractivity contribution in [3.8, 4) is 0 Å². The highest BCUT2D eigenvalue weighted by molar-refractivity contribution is 5.79. The molecule has 6 nitrogen and oxygen atoms in total. The smallest absolute Gasteiger partial charge is 0.316 e. The Kier molecular flexibility index (Phi) is 6.08. The number of hydrogen-bond donors (Lipinski definition) is 3. The molecule has 6 heteroatoms. The second-order valence-electron chi connectivity index (χ2n) is 5.69. The summed E-state index contributed by atoms with van der Waals surface area (Å²) < 4.78 is 0. The van der Waals surface area contributed by atoms with Gasteiger partial charge in [0.1, 0.15) is 0 Å². The van der Waals surface area contributed by atoms with Crippen LogP contribution in [0.25, 0.3) is 0 Å². The Hall–Kier alpha value is -1.30. The van der Waals surface area contributed by atoms with Crippen molar-refractivity contribution < 1.29 is 9.59 Å². The van der Waals surface area contributed by atoms with E-state index in [-0.39, 0.29) is 23.9 Å². The van der Waals surface area contributed by atoms with Crippen LogP contribution >= 0.6 is 0 Å². The minimum atomic E-state index is -0.150. The molecule has 1 aliphatic rings. The topological polar surface area (TPSA) is 87.5 Å². The largest absolute Gasteiger partial charge is 0.354 e. The molecule has 3 atom stereocenters. The van der Waals surface area contributed by atoms with E-state index < -0.39 is 0 Å². The van der Waals surface area contributed by atoms with Gasteiger partial charge < -0.3 is 21.3 Å². The van der Waals surface area contributed by atoms with E-state index in [1.807, 2.05) is 0 Å². The van der Waals surface area contributed by atoms with Gasteiger partial charge in [-0.3, -0.25) is 4.79 Å². The monoisotopic (exact) mass is 270 g/mol. The minimum absolute atomic E-state index is 0.0169. The second kappa shape index (κ2) is 7.33. The fraction of sp³-hybridized carbons (Fsp3) is 0.846. The van der Waals surface area contributed by atoms with Gasteiger partial charge in [0.2, 0.25) is 5.91 Å². The number of nitrogens with zero attached hydrogens (tertiary/aromatic N) is 1. The number of carbonyl (C=O) groups is 2. The summed E-state index contributed by atoms with van der Waals surface area (Å²) in [5.74, 6) is 0.581. The van der Waals surface area contributed by atoms with Crippen LogP contribution in [-0.4, -0.2) is 50.1 Å². The molecule has 3 unspecified atom stereocenters. The first-order chi connectivity index (χ1) is 8.90. The third-order valence-electron chi connectivity index (χ3n) is 3.46. The van der Waals surface area contributed by atoms with E-state index in [1.54, 1.807) is 14.1 Å². The molecule has 0 spiro atoms. The zero-order valence-corrected chi connectivity index (χ0v) is 12.1. The lowest BCUT2D eigenvalue weighted by Gasteiger charge is -2.30. The SMILES string of the molecule is CC1CC(N)CC(C(=O)NCCNC(=O)N(C)C)C1. The predicted octanol–water partition coefficient (Wildman–Crippen LogP) is 0.137. The zero-order valence-electron chi connectivity index (χ0n) is 12.1. The predicted molar refractivity (Wildman–Crippen MR) is 74.6 cm³/mol. The molecule has 1 saturated carbocycles. The van der Waals surface area contributed by atoms with Gasteiger partial charge in [-0.05, 0) is 25.2 Å². The second-order valence-corrected chi connectivity index (χ2v) is 5.69. The summed E-state index contributed by atoms with van der Waals surface area (Å²) in [6.45, 7) is 3.03. The van der Waals surface area contributed by atoms with Crippen LogP contribution in [0.15, 0.2) is 0 Å². The normalized spacial score (nSPS) is 26.6. The molecule has 1 aliphatic carbocycles. The Labute approximate surface area is 115 Å². The Morgan fingerprint density at radius 3 is 2.37 bits per heavy atom. The van der Waals surface area contributed by atoms with Gasteiger partial charge in [-0.25, -0.2) is 4.79 Å². The summed E-state index contributed by atoms with van der Waals surface area (Å²) in [6.07, 6.45) is 2.67. The van der Waals surface area contributed by atoms with Crippen molar-refractivity contribution >= 4 is 11.9 Å². The number of urea groups is 1. The molecule has 4 N–H and O–H groups in total. The Balaban J connectivity index is 2.22. The highest BCUT2D eigenvalue weighted by Crippen LogP contribution is 2.27. The van der Waals surface area contributed by atoms with E-state index in [9.17, 15) is 9.59 Å². The lowest BCUT2D eigenvalue weighted by molar-refractivity contribution is -0.126. The van der Waals surface area contributed by atoms with Crippen LogP contribution in [0.4, 0.5) is 4.79 Å². The van der Waals surface area contributed by atoms with E-state index in [1.165, 1.54) is 4.90 Å². The maximum atomic E-state index is 12.0. The molecule has 0 aromatic heterocycles. The molecule has 110 valence electrons. The molecule has 0 aromatic carbocycles. The summed E-state index contributed by atoms with van der Waals surface area (Å²) in [6, 6.07) is -0.0181. The quantitative estimate of drug-likeness (QED) is 0.635. The molecule has 19 heavy (non-hydrogen) atoms. The van der Waals surface area contributed by atoms with Crippen LogP contribution in [0.2, 0.25) is 0 Å². The lowest BCUT2D eigenvalue weighted by Crippen LogP contribution is -2.43. The Morgan fingerprint density at radius 1 is 1.16 bits per heavy atom. The number of carbonyl (C=O) groups excluding carboxylic acids is 2. The Morgan fingerprint density at radius 2 is 1.79 bits per heavy atom. The molecule has 0 bridgehead atoms. The lowest BCUT2D eigenvalue weighted by atomic mass is 9.79. The van der Waals surface area contributed by atoms with Gasteiger partial charge in [-0.15, -0.1) is 0 Å². The van der Waals surface area contributed by atoms with Crippen LogP contribution < -0.4 is 16.4 Å². The van der Waals surface area contributed by atoms with Crippen LogP contribution in [0.3, 0.4) is 0 Å². The summed E-state index contributed by atoms with van der Waals surface area (Å²) in [5, 5.41) is 5.57. The van der Waals surface area contributed by atoms with Crippen LogP contribution in [0, 0.1) is 11.8 Å². The summed E-state index contributed by atoms with van der Waals surface area (Å²) in [7, 11) is 3.36. The summed E-state index contributed by atoms with van der Waals surface area (Å²) >= 11 is 0. The average molecular weight is 270 g/mol. The molecule has 0 heterocycles. The molecule has 0 radical (unpaired) electrons. The maximum Gasteiger partial charge on any atom is 0.316 e. The van der Waals surface area contributed by atoms with Gasteiger partial charge in [0.25, 0.3) is 0 Å². The molecule has 1 rings (SSSR count). The zero-order chi connectivity index (χ0) is 14.4. The first-order valence-corrected chi connectivity index (χ1v) is 6.88. The van der Waals surface area contributed by atoms with Gasteiger partial charge in [0.15, 0.2) is 0 Å². The van der Waals surface area contributed by atoms with Gasteiger partial charge in [0, 0.05) is 39.1 Å². The van der Waals surface area contributed by atoms with Crippen molar-refractivity contribution in [3.63, 3.8) is 0 Å². The van der Waals surface area contributed by atoms with E-state index in [2.05, 4.69) is 17.6 Å². The standard InChI is InChI=1S/C13H26N4O2/c1-9-6-10(8-11(14)7-9)12(18)15-4-5-16-13(19)17(2)3/h9-11H,4-8,14H2,1-3H3,(H,15,18)(H,16,19). The number of nitrogens with one attached hydrogen (secondary N) is 2. The van der Waals surface area contributed by atoms with Gasteiger partial charge in [-0.1, -0.05) is 6.92 Å². The third kappa shape index (κ3) is 5.46. The van der Waals surface area contributed by atoms with E-state index >= 15 is 0 Å². The van der Waals surface area contributed by atoms with Crippen molar-refractivity contribution in [1.82, 2.24) is 15.5 Å². The summed E-state index contributed by atoms with van der Waals surface area (Å²) in [4.78, 5) is 24.7. The summed E-state index contributed by atoms with van der Waals surface area (Å²) in [5.41, 5.74) is 5.94. The number of hydrogen-bond acceptors (Lipinski definition) is 3. The van der Waals surface area contributed by atoms with Gasteiger partial charge in [-0.2, -0.15) is 0 Å². The van der Waals surface area contributed by atoms with Crippen molar-refractivity contribution in [2.75, 3.05) is 27.2 Å². The number of nitrogens with two attached hydrogens (primary N) is 1. The van der Waals surface area contributed by atoms with Crippen LogP contribution in [-0.2, 0) is 4.79 Å².